The van der Waals surface area contributed by atoms with Gasteiger partial charge in [0, 0.05) is 18.2 Å². The van der Waals surface area contributed by atoms with Gasteiger partial charge < -0.3 is 15.7 Å². The highest BCUT2D eigenvalue weighted by atomic mass is 16.3. The van der Waals surface area contributed by atoms with Crippen molar-refractivity contribution in [1.29, 1.82) is 0 Å². The van der Waals surface area contributed by atoms with Crippen molar-refractivity contribution < 1.29 is 14.7 Å². The Labute approximate surface area is 119 Å². The van der Waals surface area contributed by atoms with Crippen LogP contribution in [0.4, 0.5) is 0 Å². The first kappa shape index (κ1) is 16.2. The zero-order valence-electron chi connectivity index (χ0n) is 12.0. The normalized spacial score (nSPS) is 11.8. The van der Waals surface area contributed by atoms with Crippen LogP contribution in [0.3, 0.4) is 0 Å². The summed E-state index contributed by atoms with van der Waals surface area (Å²) in [5, 5.41) is 14.0. The molecule has 0 saturated heterocycles. The zero-order chi connectivity index (χ0) is 15.0. The minimum atomic E-state index is -0.261. The number of amides is 2. The summed E-state index contributed by atoms with van der Waals surface area (Å²) >= 11 is 0. The maximum absolute atomic E-state index is 11.8. The van der Waals surface area contributed by atoms with E-state index in [4.69, 9.17) is 5.11 Å². The van der Waals surface area contributed by atoms with Crippen molar-refractivity contribution in [3.05, 3.63) is 35.4 Å². The van der Waals surface area contributed by atoms with E-state index in [2.05, 4.69) is 10.6 Å². The van der Waals surface area contributed by atoms with Gasteiger partial charge >= 0.3 is 0 Å². The lowest BCUT2D eigenvalue weighted by molar-refractivity contribution is -0.120. The Kier molecular flexibility index (Phi) is 6.73. The molecule has 0 aromatic heterocycles. The SMILES string of the molecule is Cc1ccc(C(=O)NCC(=O)NC(C)CCCO)cc1. The molecule has 0 fully saturated rings. The van der Waals surface area contributed by atoms with Gasteiger partial charge in [-0.05, 0) is 38.8 Å². The molecule has 110 valence electrons. The number of aliphatic hydroxyl groups is 1. The van der Waals surface area contributed by atoms with Crippen LogP contribution < -0.4 is 10.6 Å². The maximum Gasteiger partial charge on any atom is 0.251 e. The summed E-state index contributed by atoms with van der Waals surface area (Å²) in [6.45, 7) is 3.89. The fraction of sp³-hybridized carbons (Fsp3) is 0.467. The van der Waals surface area contributed by atoms with Gasteiger partial charge in [-0.3, -0.25) is 9.59 Å². The van der Waals surface area contributed by atoms with Crippen molar-refractivity contribution in [1.82, 2.24) is 10.6 Å². The molecule has 0 aliphatic carbocycles. The monoisotopic (exact) mass is 278 g/mol. The molecule has 5 heteroatoms. The van der Waals surface area contributed by atoms with Crippen LogP contribution in [-0.2, 0) is 4.79 Å². The number of aryl methyl sites for hydroxylation is 1. The molecule has 0 spiro atoms. The van der Waals surface area contributed by atoms with Crippen molar-refractivity contribution in [3.63, 3.8) is 0 Å². The summed E-state index contributed by atoms with van der Waals surface area (Å²) in [7, 11) is 0. The Bertz CT molecular complexity index is 443. The molecule has 1 aromatic carbocycles. The Hall–Kier alpha value is -1.88. The summed E-state index contributed by atoms with van der Waals surface area (Å²) in [4.78, 5) is 23.4. The van der Waals surface area contributed by atoms with Crippen LogP contribution in [0.5, 0.6) is 0 Å². The van der Waals surface area contributed by atoms with E-state index in [0.29, 0.717) is 18.4 Å². The summed E-state index contributed by atoms with van der Waals surface area (Å²) in [5.41, 5.74) is 1.62. The van der Waals surface area contributed by atoms with E-state index in [0.717, 1.165) is 5.56 Å². The van der Waals surface area contributed by atoms with Crippen LogP contribution in [-0.4, -0.2) is 36.1 Å². The van der Waals surface area contributed by atoms with Crippen LogP contribution in [0.15, 0.2) is 24.3 Å². The van der Waals surface area contributed by atoms with Gasteiger partial charge in [-0.1, -0.05) is 17.7 Å². The van der Waals surface area contributed by atoms with E-state index in [1.807, 2.05) is 26.0 Å². The van der Waals surface area contributed by atoms with E-state index < -0.39 is 0 Å². The molecule has 1 unspecified atom stereocenters. The predicted octanol–water partition coefficient (Wildman–Crippen LogP) is 1.00. The molecule has 3 N–H and O–H groups in total. The van der Waals surface area contributed by atoms with Crippen LogP contribution in [0.25, 0.3) is 0 Å². The molecule has 0 aliphatic heterocycles. The topological polar surface area (TPSA) is 78.4 Å². The van der Waals surface area contributed by atoms with Crippen LogP contribution in [0.2, 0.25) is 0 Å². The third-order valence-electron chi connectivity index (χ3n) is 2.93. The quantitative estimate of drug-likeness (QED) is 0.696. The second-order valence-corrected chi connectivity index (χ2v) is 4.88. The van der Waals surface area contributed by atoms with E-state index in [-0.39, 0.29) is 31.0 Å². The number of benzene rings is 1. The average Bonchev–Trinajstić information content (AvgIpc) is 2.43. The molecule has 0 radical (unpaired) electrons. The standard InChI is InChI=1S/C15H22N2O3/c1-11-5-7-13(8-6-11)15(20)16-10-14(19)17-12(2)4-3-9-18/h5-8,12,18H,3-4,9-10H2,1-2H3,(H,16,20)(H,17,19). The van der Waals surface area contributed by atoms with E-state index >= 15 is 0 Å². The largest absolute Gasteiger partial charge is 0.396 e. The van der Waals surface area contributed by atoms with Gasteiger partial charge in [-0.25, -0.2) is 0 Å². The first-order valence-corrected chi connectivity index (χ1v) is 6.78. The number of nitrogens with one attached hydrogen (secondary N) is 2. The van der Waals surface area contributed by atoms with Crippen molar-refractivity contribution in [2.24, 2.45) is 0 Å². The predicted molar refractivity (Wildman–Crippen MR) is 77.4 cm³/mol. The molecule has 5 nitrogen and oxygen atoms in total. The molecular weight excluding hydrogens is 256 g/mol. The molecule has 0 heterocycles. The lowest BCUT2D eigenvalue weighted by Gasteiger charge is -2.13. The van der Waals surface area contributed by atoms with E-state index in [1.165, 1.54) is 0 Å². The first-order chi connectivity index (χ1) is 9.52. The molecule has 1 atom stereocenters. The van der Waals surface area contributed by atoms with Gasteiger partial charge in [-0.15, -0.1) is 0 Å². The number of hydrogen-bond acceptors (Lipinski definition) is 3. The smallest absolute Gasteiger partial charge is 0.251 e. The molecule has 0 saturated carbocycles. The van der Waals surface area contributed by atoms with Crippen LogP contribution in [0.1, 0.15) is 35.7 Å². The van der Waals surface area contributed by atoms with Crippen LogP contribution >= 0.6 is 0 Å². The minimum absolute atomic E-state index is 0.00840. The molecular formula is C15H22N2O3. The minimum Gasteiger partial charge on any atom is -0.396 e. The van der Waals surface area contributed by atoms with Crippen LogP contribution in [0, 0.1) is 6.92 Å². The summed E-state index contributed by atoms with van der Waals surface area (Å²) < 4.78 is 0. The number of carbonyl (C=O) groups is 2. The maximum atomic E-state index is 11.8. The van der Waals surface area contributed by atoms with Gasteiger partial charge in [0.25, 0.3) is 5.91 Å². The molecule has 20 heavy (non-hydrogen) atoms. The summed E-state index contributed by atoms with van der Waals surface area (Å²) in [6, 6.07) is 7.16. The van der Waals surface area contributed by atoms with Crippen molar-refractivity contribution in [2.45, 2.75) is 32.7 Å². The second-order valence-electron chi connectivity index (χ2n) is 4.88. The number of carbonyl (C=O) groups excluding carboxylic acids is 2. The molecule has 1 aromatic rings. The lowest BCUT2D eigenvalue weighted by atomic mass is 10.1. The molecule has 2 amide bonds. The highest BCUT2D eigenvalue weighted by Gasteiger charge is 2.10. The zero-order valence-corrected chi connectivity index (χ0v) is 12.0. The van der Waals surface area contributed by atoms with E-state index in [9.17, 15) is 9.59 Å². The molecule has 0 aliphatic rings. The van der Waals surface area contributed by atoms with Crippen molar-refractivity contribution >= 4 is 11.8 Å². The van der Waals surface area contributed by atoms with Gasteiger partial charge in [-0.2, -0.15) is 0 Å². The molecule has 1 rings (SSSR count). The lowest BCUT2D eigenvalue weighted by Crippen LogP contribution is -2.40. The Morgan fingerprint density at radius 3 is 2.50 bits per heavy atom. The van der Waals surface area contributed by atoms with Crippen molar-refractivity contribution in [3.8, 4) is 0 Å². The van der Waals surface area contributed by atoms with Gasteiger partial charge in [0.1, 0.15) is 0 Å². The second kappa shape index (κ2) is 8.32. The van der Waals surface area contributed by atoms with Crippen molar-refractivity contribution in [2.75, 3.05) is 13.2 Å². The number of aliphatic hydroxyl groups excluding tert-OH is 1. The Morgan fingerprint density at radius 1 is 1.25 bits per heavy atom. The van der Waals surface area contributed by atoms with E-state index in [1.54, 1.807) is 12.1 Å². The van der Waals surface area contributed by atoms with Gasteiger partial charge in [0.05, 0.1) is 6.54 Å². The molecule has 0 bridgehead atoms. The fourth-order valence-electron chi connectivity index (χ4n) is 1.76. The van der Waals surface area contributed by atoms with Gasteiger partial charge in [0.15, 0.2) is 0 Å². The third-order valence-corrected chi connectivity index (χ3v) is 2.93. The first-order valence-electron chi connectivity index (χ1n) is 6.78. The number of rotatable bonds is 7. The highest BCUT2D eigenvalue weighted by Crippen LogP contribution is 2.02. The number of hydrogen-bond donors (Lipinski definition) is 3. The summed E-state index contributed by atoms with van der Waals surface area (Å²) in [6.07, 6.45) is 1.37. The highest BCUT2D eigenvalue weighted by molar-refractivity contribution is 5.96. The average molecular weight is 278 g/mol. The summed E-state index contributed by atoms with van der Waals surface area (Å²) in [5.74, 6) is -0.487. The fourth-order valence-corrected chi connectivity index (χ4v) is 1.76. The van der Waals surface area contributed by atoms with Gasteiger partial charge in [0.2, 0.25) is 5.91 Å². The third kappa shape index (κ3) is 5.84. The Balaban J connectivity index is 2.33. The Morgan fingerprint density at radius 2 is 1.90 bits per heavy atom.